The third kappa shape index (κ3) is 3.89. The molecule has 1 amide bonds. The van der Waals surface area contributed by atoms with E-state index < -0.39 is 0 Å². The number of aromatic nitrogens is 1. The first kappa shape index (κ1) is 16.4. The minimum absolute atomic E-state index is 0.150. The highest BCUT2D eigenvalue weighted by molar-refractivity contribution is 7.22. The lowest BCUT2D eigenvalue weighted by atomic mass is 10.2. The average Bonchev–Trinajstić information content (AvgIpc) is 2.97. The number of hydrogen-bond acceptors (Lipinski definition) is 4. The molecule has 0 aliphatic rings. The lowest BCUT2D eigenvalue weighted by Gasteiger charge is -2.08. The first-order chi connectivity index (χ1) is 11.6. The van der Waals surface area contributed by atoms with Gasteiger partial charge in [0.05, 0.1) is 11.3 Å². The fourth-order valence-electron chi connectivity index (χ4n) is 2.28. The number of para-hydroxylation sites is 2. The Morgan fingerprint density at radius 1 is 1.25 bits per heavy atom. The van der Waals surface area contributed by atoms with E-state index in [1.165, 1.54) is 17.4 Å². The molecule has 0 saturated carbocycles. The van der Waals surface area contributed by atoms with E-state index in [-0.39, 0.29) is 11.7 Å². The number of anilines is 1. The zero-order valence-electron chi connectivity index (χ0n) is 13.2. The van der Waals surface area contributed by atoms with Crippen LogP contribution in [0.3, 0.4) is 0 Å². The molecule has 4 nitrogen and oxygen atoms in total. The van der Waals surface area contributed by atoms with Crippen LogP contribution in [-0.4, -0.2) is 17.5 Å². The molecule has 3 aromatic rings. The van der Waals surface area contributed by atoms with Gasteiger partial charge in [-0.3, -0.25) is 4.79 Å². The van der Waals surface area contributed by atoms with Crippen molar-refractivity contribution in [2.75, 3.05) is 11.9 Å². The predicted octanol–water partition coefficient (Wildman–Crippen LogP) is 4.54. The van der Waals surface area contributed by atoms with Gasteiger partial charge in [0.15, 0.2) is 5.13 Å². The minimum Gasteiger partial charge on any atom is -0.493 e. The predicted molar refractivity (Wildman–Crippen MR) is 94.1 cm³/mol. The lowest BCUT2D eigenvalue weighted by Crippen LogP contribution is -2.12. The second kappa shape index (κ2) is 7.40. The fourth-order valence-corrected chi connectivity index (χ4v) is 3.18. The van der Waals surface area contributed by atoms with Gasteiger partial charge in [0.2, 0.25) is 5.91 Å². The topological polar surface area (TPSA) is 51.2 Å². The molecule has 0 atom stereocenters. The standard InChI is InChI=1S/C18H17FN2O2S/c1-12-6-2-3-8-14(12)23-11-5-10-16(22)20-18-21-17-13(19)7-4-9-15(17)24-18/h2-4,6-9H,5,10-11H2,1H3,(H,20,21,22). The largest absolute Gasteiger partial charge is 0.493 e. The highest BCUT2D eigenvalue weighted by Gasteiger charge is 2.10. The zero-order valence-corrected chi connectivity index (χ0v) is 14.0. The van der Waals surface area contributed by atoms with Crippen LogP contribution in [0.15, 0.2) is 42.5 Å². The van der Waals surface area contributed by atoms with Gasteiger partial charge in [-0.1, -0.05) is 35.6 Å². The maximum Gasteiger partial charge on any atom is 0.226 e. The van der Waals surface area contributed by atoms with Crippen molar-refractivity contribution in [2.24, 2.45) is 0 Å². The second-order valence-corrected chi connectivity index (χ2v) is 6.40. The van der Waals surface area contributed by atoms with Crippen molar-refractivity contribution in [1.82, 2.24) is 4.98 Å². The third-order valence-electron chi connectivity index (χ3n) is 3.52. The van der Waals surface area contributed by atoms with E-state index >= 15 is 0 Å². The van der Waals surface area contributed by atoms with Gasteiger partial charge in [-0.25, -0.2) is 9.37 Å². The molecular weight excluding hydrogens is 327 g/mol. The van der Waals surface area contributed by atoms with Gasteiger partial charge in [0.25, 0.3) is 0 Å². The van der Waals surface area contributed by atoms with Gasteiger partial charge in [0, 0.05) is 6.42 Å². The number of aryl methyl sites for hydroxylation is 1. The minimum atomic E-state index is -0.379. The second-order valence-electron chi connectivity index (χ2n) is 5.37. The summed E-state index contributed by atoms with van der Waals surface area (Å²) in [6.07, 6.45) is 0.920. The van der Waals surface area contributed by atoms with Crippen LogP contribution in [0.5, 0.6) is 5.75 Å². The number of ether oxygens (including phenoxy) is 1. The van der Waals surface area contributed by atoms with Gasteiger partial charge in [-0.15, -0.1) is 0 Å². The molecule has 0 fully saturated rings. The summed E-state index contributed by atoms with van der Waals surface area (Å²) in [5, 5.41) is 3.13. The van der Waals surface area contributed by atoms with Crippen molar-refractivity contribution < 1.29 is 13.9 Å². The Labute approximate surface area is 143 Å². The van der Waals surface area contributed by atoms with Crippen LogP contribution in [0.25, 0.3) is 10.2 Å². The smallest absolute Gasteiger partial charge is 0.226 e. The molecular formula is C18H17FN2O2S. The molecule has 0 spiro atoms. The highest BCUT2D eigenvalue weighted by atomic mass is 32.1. The van der Waals surface area contributed by atoms with Gasteiger partial charge >= 0.3 is 0 Å². The summed E-state index contributed by atoms with van der Waals surface area (Å²) in [7, 11) is 0. The van der Waals surface area contributed by atoms with E-state index in [9.17, 15) is 9.18 Å². The number of carbonyl (C=O) groups is 1. The molecule has 2 aromatic carbocycles. The number of halogens is 1. The molecule has 0 aliphatic heterocycles. The van der Waals surface area contributed by atoms with E-state index in [1.54, 1.807) is 12.1 Å². The molecule has 6 heteroatoms. The van der Waals surface area contributed by atoms with Crippen LogP contribution < -0.4 is 10.1 Å². The van der Waals surface area contributed by atoms with Crippen molar-refractivity contribution in [1.29, 1.82) is 0 Å². The highest BCUT2D eigenvalue weighted by Crippen LogP contribution is 2.27. The van der Waals surface area contributed by atoms with E-state index in [0.29, 0.717) is 34.8 Å². The number of hydrogen-bond donors (Lipinski definition) is 1. The molecule has 124 valence electrons. The van der Waals surface area contributed by atoms with E-state index in [1.807, 2.05) is 31.2 Å². The van der Waals surface area contributed by atoms with E-state index in [4.69, 9.17) is 4.74 Å². The molecule has 0 bridgehead atoms. The van der Waals surface area contributed by atoms with Crippen LogP contribution in [0, 0.1) is 12.7 Å². The Morgan fingerprint density at radius 3 is 2.88 bits per heavy atom. The monoisotopic (exact) mass is 344 g/mol. The number of amides is 1. The lowest BCUT2D eigenvalue weighted by molar-refractivity contribution is -0.116. The summed E-state index contributed by atoms with van der Waals surface area (Å²) < 4.78 is 20.0. The summed E-state index contributed by atoms with van der Waals surface area (Å²) in [6, 6.07) is 12.5. The maximum absolute atomic E-state index is 13.6. The number of benzene rings is 2. The number of rotatable bonds is 6. The first-order valence-corrected chi connectivity index (χ1v) is 8.48. The Morgan fingerprint density at radius 2 is 2.08 bits per heavy atom. The molecule has 0 saturated heterocycles. The number of nitrogens with one attached hydrogen (secondary N) is 1. The van der Waals surface area contributed by atoms with Crippen molar-refractivity contribution in [3.8, 4) is 5.75 Å². The van der Waals surface area contributed by atoms with Gasteiger partial charge in [-0.05, 0) is 37.1 Å². The van der Waals surface area contributed by atoms with Gasteiger partial charge in [-0.2, -0.15) is 0 Å². The number of thiazole rings is 1. The van der Waals surface area contributed by atoms with E-state index in [2.05, 4.69) is 10.3 Å². The quantitative estimate of drug-likeness (QED) is 0.668. The van der Waals surface area contributed by atoms with Crippen LogP contribution in [-0.2, 0) is 4.79 Å². The van der Waals surface area contributed by atoms with Crippen molar-refractivity contribution in [2.45, 2.75) is 19.8 Å². The molecule has 0 unspecified atom stereocenters. The van der Waals surface area contributed by atoms with Crippen molar-refractivity contribution in [3.63, 3.8) is 0 Å². The molecule has 1 N–H and O–H groups in total. The van der Waals surface area contributed by atoms with Crippen LogP contribution >= 0.6 is 11.3 Å². The van der Waals surface area contributed by atoms with E-state index in [0.717, 1.165) is 11.3 Å². The molecule has 3 rings (SSSR count). The number of fused-ring (bicyclic) bond motifs is 1. The molecule has 0 aliphatic carbocycles. The maximum atomic E-state index is 13.6. The first-order valence-electron chi connectivity index (χ1n) is 7.67. The zero-order chi connectivity index (χ0) is 16.9. The summed E-state index contributed by atoms with van der Waals surface area (Å²) in [5.41, 5.74) is 1.36. The van der Waals surface area contributed by atoms with Crippen LogP contribution in [0.1, 0.15) is 18.4 Å². The third-order valence-corrected chi connectivity index (χ3v) is 4.45. The number of carbonyl (C=O) groups excluding carboxylic acids is 1. The normalized spacial score (nSPS) is 10.8. The Balaban J connectivity index is 1.48. The van der Waals surface area contributed by atoms with Gasteiger partial charge in [0.1, 0.15) is 17.1 Å². The molecule has 1 aromatic heterocycles. The van der Waals surface area contributed by atoms with Gasteiger partial charge < -0.3 is 10.1 Å². The number of nitrogens with zero attached hydrogens (tertiary/aromatic N) is 1. The molecule has 24 heavy (non-hydrogen) atoms. The average molecular weight is 344 g/mol. The van der Waals surface area contributed by atoms with Crippen LogP contribution in [0.4, 0.5) is 9.52 Å². The van der Waals surface area contributed by atoms with Crippen molar-refractivity contribution >= 4 is 32.6 Å². The Bertz CT molecular complexity index is 863. The van der Waals surface area contributed by atoms with Crippen molar-refractivity contribution in [3.05, 3.63) is 53.8 Å². The SMILES string of the molecule is Cc1ccccc1OCCCC(=O)Nc1nc2c(F)cccc2s1. The summed E-state index contributed by atoms with van der Waals surface area (Å²) in [5.74, 6) is 0.304. The fraction of sp³-hybridized carbons (Fsp3) is 0.222. The molecule has 1 heterocycles. The summed E-state index contributed by atoms with van der Waals surface area (Å²) in [6.45, 7) is 2.45. The summed E-state index contributed by atoms with van der Waals surface area (Å²) in [4.78, 5) is 16.1. The summed E-state index contributed by atoms with van der Waals surface area (Å²) >= 11 is 1.26. The Hall–Kier alpha value is -2.47. The molecule has 0 radical (unpaired) electrons. The van der Waals surface area contributed by atoms with Crippen LogP contribution in [0.2, 0.25) is 0 Å². The Kier molecular flexibility index (Phi) is 5.05.